The summed E-state index contributed by atoms with van der Waals surface area (Å²) in [5.41, 5.74) is 2.35. The average molecular weight is 281 g/mol. The lowest BCUT2D eigenvalue weighted by Crippen LogP contribution is -2.01. The molecule has 1 nitrogen and oxygen atoms in total. The number of para-hydroxylation sites is 1. The van der Waals surface area contributed by atoms with Gasteiger partial charge in [0.05, 0.1) is 6.54 Å². The lowest BCUT2D eigenvalue weighted by molar-refractivity contribution is 1.30. The van der Waals surface area contributed by atoms with Gasteiger partial charge in [0.1, 0.15) is 0 Å². The Hall–Kier alpha value is -0.180. The fourth-order valence-electron chi connectivity index (χ4n) is 0.823. The maximum Gasteiger partial charge on any atom is 0.0517 e. The van der Waals surface area contributed by atoms with Crippen molar-refractivity contribution in [2.45, 2.75) is 0 Å². The van der Waals surface area contributed by atoms with Gasteiger partial charge in [-0.05, 0) is 28.1 Å². The number of anilines is 1. The fraction of sp³-hybridized carbons (Fsp3) is 0.111. The molecule has 70 valence electrons. The second-order valence-electron chi connectivity index (χ2n) is 2.39. The quantitative estimate of drug-likeness (QED) is 0.876. The third-order valence-electron chi connectivity index (χ3n) is 1.44. The van der Waals surface area contributed by atoms with Gasteiger partial charge in [0, 0.05) is 20.7 Å². The molecule has 0 saturated heterocycles. The smallest absolute Gasteiger partial charge is 0.0517 e. The molecule has 0 aromatic heterocycles. The summed E-state index contributed by atoms with van der Waals surface area (Å²) in [6.07, 6.45) is 0. The number of hydrogen-bond acceptors (Lipinski definition) is 1. The van der Waals surface area contributed by atoms with Crippen molar-refractivity contribution in [3.63, 3.8) is 0 Å². The Balaban J connectivity index is 2.60. The van der Waals surface area contributed by atoms with Crippen molar-refractivity contribution in [3.8, 4) is 0 Å². The minimum Gasteiger partial charge on any atom is -0.379 e. The highest BCUT2D eigenvalue weighted by Crippen LogP contribution is 2.21. The average Bonchev–Trinajstić information content (AvgIpc) is 2.16. The van der Waals surface area contributed by atoms with Gasteiger partial charge >= 0.3 is 0 Å². The lowest BCUT2D eigenvalue weighted by Gasteiger charge is -2.06. The van der Waals surface area contributed by atoms with Gasteiger partial charge in [-0.15, -0.1) is 0 Å². The lowest BCUT2D eigenvalue weighted by atomic mass is 10.3. The summed E-state index contributed by atoms with van der Waals surface area (Å²) in [5, 5.41) is 3.71. The van der Waals surface area contributed by atoms with Gasteiger partial charge in [0.25, 0.3) is 0 Å². The second kappa shape index (κ2) is 5.53. The first-order chi connectivity index (χ1) is 6.24. The molecule has 0 radical (unpaired) electrons. The Morgan fingerprint density at radius 3 is 2.77 bits per heavy atom. The Bertz CT molecular complexity index is 312. The summed E-state index contributed by atoms with van der Waals surface area (Å²) < 4.78 is 1.01. The van der Waals surface area contributed by atoms with Gasteiger partial charge in [-0.25, -0.2) is 0 Å². The molecular formula is C9H8BrCl2N. The van der Waals surface area contributed by atoms with Crippen LogP contribution in [0, 0.1) is 0 Å². The largest absolute Gasteiger partial charge is 0.379 e. The van der Waals surface area contributed by atoms with E-state index >= 15 is 0 Å². The number of hydrogen-bond donors (Lipinski definition) is 1. The summed E-state index contributed by atoms with van der Waals surface area (Å²) in [6.45, 7) is 0.535. The molecule has 0 aliphatic heterocycles. The molecule has 0 aliphatic rings. The molecule has 0 unspecified atom stereocenters. The maximum atomic E-state index is 5.72. The minimum atomic E-state index is 0.535. The van der Waals surface area contributed by atoms with E-state index in [1.54, 1.807) is 0 Å². The summed E-state index contributed by atoms with van der Waals surface area (Å²) in [4.78, 5) is 0. The van der Waals surface area contributed by atoms with Crippen LogP contribution >= 0.6 is 39.1 Å². The van der Waals surface area contributed by atoms with E-state index in [0.717, 1.165) is 10.2 Å². The third kappa shape index (κ3) is 3.59. The fourth-order valence-corrected chi connectivity index (χ4v) is 1.39. The standard InChI is InChI=1S/C9H8BrCl2N/c10-8-3-1-2-4-9(8)13-6-7(12)5-11/h1-5,13H,6H2/b7-5+. The highest BCUT2D eigenvalue weighted by atomic mass is 79.9. The van der Waals surface area contributed by atoms with Gasteiger partial charge in [0.2, 0.25) is 0 Å². The van der Waals surface area contributed by atoms with E-state index < -0.39 is 0 Å². The molecule has 0 fully saturated rings. The molecule has 0 aliphatic carbocycles. The van der Waals surface area contributed by atoms with Gasteiger partial charge in [-0.2, -0.15) is 0 Å². The monoisotopic (exact) mass is 279 g/mol. The molecule has 0 atom stereocenters. The van der Waals surface area contributed by atoms with Crippen molar-refractivity contribution in [3.05, 3.63) is 39.3 Å². The van der Waals surface area contributed by atoms with Gasteiger partial charge in [-0.3, -0.25) is 0 Å². The van der Waals surface area contributed by atoms with Crippen molar-refractivity contribution in [1.29, 1.82) is 0 Å². The maximum absolute atomic E-state index is 5.72. The first-order valence-electron chi connectivity index (χ1n) is 3.67. The minimum absolute atomic E-state index is 0.535. The molecule has 4 heteroatoms. The van der Waals surface area contributed by atoms with Crippen LogP contribution in [-0.2, 0) is 0 Å². The topological polar surface area (TPSA) is 12.0 Å². The molecule has 0 spiro atoms. The van der Waals surface area contributed by atoms with Crippen molar-refractivity contribution < 1.29 is 0 Å². The zero-order valence-electron chi connectivity index (χ0n) is 6.73. The van der Waals surface area contributed by atoms with Crippen molar-refractivity contribution in [2.75, 3.05) is 11.9 Å². The molecule has 1 aromatic rings. The Labute approximate surface area is 95.9 Å². The molecule has 1 rings (SSSR count). The molecular weight excluding hydrogens is 273 g/mol. The molecule has 0 saturated carbocycles. The summed E-state index contributed by atoms with van der Waals surface area (Å²) >= 11 is 14.5. The van der Waals surface area contributed by atoms with Crippen LogP contribution < -0.4 is 5.32 Å². The highest BCUT2D eigenvalue weighted by molar-refractivity contribution is 9.10. The third-order valence-corrected chi connectivity index (χ3v) is 2.75. The summed E-state index contributed by atoms with van der Waals surface area (Å²) in [7, 11) is 0. The normalized spacial score (nSPS) is 11.5. The molecule has 0 heterocycles. The van der Waals surface area contributed by atoms with Gasteiger partial charge in [-0.1, -0.05) is 35.3 Å². The van der Waals surface area contributed by atoms with Crippen LogP contribution in [0.2, 0.25) is 0 Å². The number of benzene rings is 1. The van der Waals surface area contributed by atoms with Crippen LogP contribution in [0.15, 0.2) is 39.3 Å². The van der Waals surface area contributed by atoms with Crippen LogP contribution in [0.3, 0.4) is 0 Å². The summed E-state index contributed by atoms with van der Waals surface area (Å²) in [5.74, 6) is 0. The van der Waals surface area contributed by atoms with Crippen molar-refractivity contribution in [2.24, 2.45) is 0 Å². The van der Waals surface area contributed by atoms with Crippen LogP contribution in [0.4, 0.5) is 5.69 Å². The van der Waals surface area contributed by atoms with Crippen LogP contribution in [0.1, 0.15) is 0 Å². The first-order valence-corrected chi connectivity index (χ1v) is 5.28. The summed E-state index contributed by atoms with van der Waals surface area (Å²) in [6, 6.07) is 7.82. The Morgan fingerprint density at radius 1 is 1.46 bits per heavy atom. The van der Waals surface area contributed by atoms with E-state index in [1.807, 2.05) is 24.3 Å². The van der Waals surface area contributed by atoms with E-state index in [0.29, 0.717) is 11.6 Å². The van der Waals surface area contributed by atoms with Gasteiger partial charge in [0.15, 0.2) is 0 Å². The second-order valence-corrected chi connectivity index (χ2v) is 3.95. The number of rotatable bonds is 3. The predicted octanol–water partition coefficient (Wildman–Crippen LogP) is 4.18. The van der Waals surface area contributed by atoms with E-state index in [4.69, 9.17) is 23.2 Å². The predicted molar refractivity (Wildman–Crippen MR) is 62.4 cm³/mol. The van der Waals surface area contributed by atoms with Crippen molar-refractivity contribution in [1.82, 2.24) is 0 Å². The zero-order chi connectivity index (χ0) is 9.68. The van der Waals surface area contributed by atoms with Crippen LogP contribution in [0.5, 0.6) is 0 Å². The molecule has 1 aromatic carbocycles. The molecule has 13 heavy (non-hydrogen) atoms. The number of nitrogens with one attached hydrogen (secondary N) is 1. The SMILES string of the molecule is Cl/C=C(/Cl)CNc1ccccc1Br. The molecule has 0 bridgehead atoms. The van der Waals surface area contributed by atoms with Crippen LogP contribution in [0.25, 0.3) is 0 Å². The van der Waals surface area contributed by atoms with Crippen molar-refractivity contribution >= 4 is 44.8 Å². The Kier molecular flexibility index (Phi) is 4.64. The van der Waals surface area contributed by atoms with E-state index in [9.17, 15) is 0 Å². The molecule has 1 N–H and O–H groups in total. The van der Waals surface area contributed by atoms with E-state index in [2.05, 4.69) is 21.2 Å². The highest BCUT2D eigenvalue weighted by Gasteiger charge is 1.97. The van der Waals surface area contributed by atoms with Gasteiger partial charge < -0.3 is 5.32 Å². The Morgan fingerprint density at radius 2 is 2.15 bits per heavy atom. The first kappa shape index (κ1) is 10.9. The molecule has 0 amide bonds. The van der Waals surface area contributed by atoms with E-state index in [1.165, 1.54) is 5.54 Å². The zero-order valence-corrected chi connectivity index (χ0v) is 9.83. The van der Waals surface area contributed by atoms with Crippen LogP contribution in [-0.4, -0.2) is 6.54 Å². The number of halogens is 3. The van der Waals surface area contributed by atoms with E-state index in [-0.39, 0.29) is 0 Å².